The summed E-state index contributed by atoms with van der Waals surface area (Å²) in [6, 6.07) is 0.634. The van der Waals surface area contributed by atoms with Crippen molar-refractivity contribution in [3.8, 4) is 0 Å². The molecule has 1 aromatic rings. The Kier molecular flexibility index (Phi) is 2.86. The van der Waals surface area contributed by atoms with E-state index >= 15 is 0 Å². The summed E-state index contributed by atoms with van der Waals surface area (Å²) in [4.78, 5) is 24.2. The van der Waals surface area contributed by atoms with Crippen LogP contribution in [0.3, 0.4) is 0 Å². The number of rotatable bonds is 2. The predicted molar refractivity (Wildman–Crippen MR) is 56.0 cm³/mol. The number of carboxylic acid groups (broad SMARTS) is 1. The van der Waals surface area contributed by atoms with E-state index in [1.54, 1.807) is 6.92 Å². The fourth-order valence-electron chi connectivity index (χ4n) is 1.59. The van der Waals surface area contributed by atoms with Crippen LogP contribution in [0.2, 0.25) is 0 Å². The number of thioether (sulfide) groups is 1. The molecule has 1 N–H and O–H groups in total. The topological polar surface area (TPSA) is 83.6 Å². The average molecular weight is 242 g/mol. The SMILES string of the molecule is CC1SCC(C(=O)O)N1C(=O)c1ccno1. The Bertz CT molecular complexity index is 406. The second-order valence-electron chi connectivity index (χ2n) is 3.38. The maximum Gasteiger partial charge on any atom is 0.327 e. The summed E-state index contributed by atoms with van der Waals surface area (Å²) in [6.07, 6.45) is 1.36. The molecule has 1 aliphatic heterocycles. The molecule has 7 heteroatoms. The van der Waals surface area contributed by atoms with Crippen molar-refractivity contribution < 1.29 is 19.2 Å². The molecular weight excluding hydrogens is 232 g/mol. The van der Waals surface area contributed by atoms with Crippen LogP contribution in [0.15, 0.2) is 16.8 Å². The van der Waals surface area contributed by atoms with Gasteiger partial charge in [0.25, 0.3) is 5.91 Å². The minimum atomic E-state index is -0.996. The highest BCUT2D eigenvalue weighted by Crippen LogP contribution is 2.30. The largest absolute Gasteiger partial charge is 0.480 e. The number of carbonyl (C=O) groups is 2. The van der Waals surface area contributed by atoms with Gasteiger partial charge in [0.2, 0.25) is 5.76 Å². The van der Waals surface area contributed by atoms with Gasteiger partial charge in [-0.05, 0) is 6.92 Å². The molecule has 16 heavy (non-hydrogen) atoms. The Morgan fingerprint density at radius 2 is 2.44 bits per heavy atom. The zero-order valence-electron chi connectivity index (χ0n) is 8.49. The molecule has 1 saturated heterocycles. The third-order valence-electron chi connectivity index (χ3n) is 2.39. The zero-order chi connectivity index (χ0) is 11.7. The molecule has 0 spiro atoms. The second kappa shape index (κ2) is 4.17. The second-order valence-corrected chi connectivity index (χ2v) is 4.72. The van der Waals surface area contributed by atoms with Crippen LogP contribution >= 0.6 is 11.8 Å². The Hall–Kier alpha value is -1.50. The standard InChI is InChI=1S/C9H10N2O4S/c1-5-11(6(4-16-5)9(13)14)8(12)7-2-3-10-15-7/h2-3,5-6H,4H2,1H3,(H,13,14). The number of amides is 1. The van der Waals surface area contributed by atoms with Crippen molar-refractivity contribution in [2.24, 2.45) is 0 Å². The molecule has 6 nitrogen and oxygen atoms in total. The van der Waals surface area contributed by atoms with Crippen molar-refractivity contribution in [3.05, 3.63) is 18.0 Å². The van der Waals surface area contributed by atoms with E-state index in [9.17, 15) is 9.59 Å². The summed E-state index contributed by atoms with van der Waals surface area (Å²) in [5.74, 6) is -0.955. The molecule has 0 radical (unpaired) electrons. The fraction of sp³-hybridized carbons (Fsp3) is 0.444. The number of hydrogen-bond acceptors (Lipinski definition) is 5. The van der Waals surface area contributed by atoms with Crippen molar-refractivity contribution in [2.75, 3.05) is 5.75 Å². The highest BCUT2D eigenvalue weighted by Gasteiger charge is 2.40. The Balaban J connectivity index is 2.24. The van der Waals surface area contributed by atoms with Crippen LogP contribution < -0.4 is 0 Å². The average Bonchev–Trinajstić information content (AvgIpc) is 2.84. The summed E-state index contributed by atoms with van der Waals surface area (Å²) in [7, 11) is 0. The Morgan fingerprint density at radius 1 is 1.69 bits per heavy atom. The Morgan fingerprint density at radius 3 is 3.00 bits per heavy atom. The van der Waals surface area contributed by atoms with Gasteiger partial charge in [-0.3, -0.25) is 4.79 Å². The van der Waals surface area contributed by atoms with Crippen LogP contribution in [0, 0.1) is 0 Å². The van der Waals surface area contributed by atoms with Crippen LogP contribution in [0.25, 0.3) is 0 Å². The van der Waals surface area contributed by atoms with E-state index in [1.807, 2.05) is 0 Å². The molecule has 1 amide bonds. The predicted octanol–water partition coefficient (Wildman–Crippen LogP) is 0.663. The number of nitrogens with zero attached hydrogens (tertiary/aromatic N) is 2. The number of hydrogen-bond donors (Lipinski definition) is 1. The summed E-state index contributed by atoms with van der Waals surface area (Å²) in [5, 5.41) is 12.3. The summed E-state index contributed by atoms with van der Waals surface area (Å²) in [5.41, 5.74) is 0. The van der Waals surface area contributed by atoms with Gasteiger partial charge >= 0.3 is 5.97 Å². The van der Waals surface area contributed by atoms with E-state index in [0.717, 1.165) is 0 Å². The fourth-order valence-corrected chi connectivity index (χ4v) is 2.76. The molecule has 0 bridgehead atoms. The summed E-state index contributed by atoms with van der Waals surface area (Å²) >= 11 is 1.43. The minimum Gasteiger partial charge on any atom is -0.480 e. The molecule has 1 fully saturated rings. The van der Waals surface area contributed by atoms with E-state index in [0.29, 0.717) is 5.75 Å². The van der Waals surface area contributed by atoms with Crippen molar-refractivity contribution in [3.63, 3.8) is 0 Å². The van der Waals surface area contributed by atoms with E-state index in [-0.39, 0.29) is 11.1 Å². The monoisotopic (exact) mass is 242 g/mol. The molecule has 2 atom stereocenters. The van der Waals surface area contributed by atoms with Gasteiger partial charge in [-0.2, -0.15) is 0 Å². The van der Waals surface area contributed by atoms with Gasteiger partial charge in [-0.25, -0.2) is 4.79 Å². The summed E-state index contributed by atoms with van der Waals surface area (Å²) in [6.45, 7) is 1.79. The number of aromatic nitrogens is 1. The third-order valence-corrected chi connectivity index (χ3v) is 3.61. The van der Waals surface area contributed by atoms with Crippen molar-refractivity contribution >= 4 is 23.6 Å². The normalized spacial score (nSPS) is 24.7. The van der Waals surface area contributed by atoms with Crippen molar-refractivity contribution in [1.29, 1.82) is 0 Å². The van der Waals surface area contributed by atoms with Gasteiger partial charge in [-0.1, -0.05) is 5.16 Å². The van der Waals surface area contributed by atoms with E-state index in [4.69, 9.17) is 9.63 Å². The molecule has 0 aromatic carbocycles. The van der Waals surface area contributed by atoms with Gasteiger partial charge in [0.05, 0.1) is 11.6 Å². The van der Waals surface area contributed by atoms with Crippen molar-refractivity contribution in [2.45, 2.75) is 18.3 Å². The lowest BCUT2D eigenvalue weighted by atomic mass is 10.2. The molecule has 0 saturated carbocycles. The zero-order valence-corrected chi connectivity index (χ0v) is 9.31. The van der Waals surface area contributed by atoms with Gasteiger partial charge in [0.15, 0.2) is 0 Å². The van der Waals surface area contributed by atoms with E-state index in [1.165, 1.54) is 28.9 Å². The summed E-state index contributed by atoms with van der Waals surface area (Å²) < 4.78 is 4.74. The van der Waals surface area contributed by atoms with Gasteiger partial charge in [-0.15, -0.1) is 11.8 Å². The van der Waals surface area contributed by atoms with Crippen LogP contribution in [0.4, 0.5) is 0 Å². The highest BCUT2D eigenvalue weighted by molar-refractivity contribution is 8.00. The lowest BCUT2D eigenvalue weighted by Crippen LogP contribution is -2.44. The molecular formula is C9H10N2O4S. The maximum atomic E-state index is 11.9. The Labute approximate surface area is 95.6 Å². The quantitative estimate of drug-likeness (QED) is 0.820. The van der Waals surface area contributed by atoms with Crippen LogP contribution in [-0.4, -0.2) is 44.2 Å². The minimum absolute atomic E-state index is 0.0700. The first-order valence-corrected chi connectivity index (χ1v) is 5.74. The molecule has 1 aliphatic rings. The maximum absolute atomic E-state index is 11.9. The van der Waals surface area contributed by atoms with Crippen LogP contribution in [0.1, 0.15) is 17.5 Å². The highest BCUT2D eigenvalue weighted by atomic mass is 32.2. The molecule has 86 valence electrons. The molecule has 2 unspecified atom stereocenters. The molecule has 2 heterocycles. The number of aliphatic carboxylic acids is 1. The van der Waals surface area contributed by atoms with Crippen LogP contribution in [0.5, 0.6) is 0 Å². The third kappa shape index (κ3) is 1.78. The van der Waals surface area contributed by atoms with Gasteiger partial charge in [0, 0.05) is 11.8 Å². The first kappa shape index (κ1) is 11.0. The molecule has 1 aromatic heterocycles. The first-order valence-electron chi connectivity index (χ1n) is 4.69. The molecule has 0 aliphatic carbocycles. The smallest absolute Gasteiger partial charge is 0.327 e. The van der Waals surface area contributed by atoms with Crippen LogP contribution in [-0.2, 0) is 4.79 Å². The van der Waals surface area contributed by atoms with Crippen molar-refractivity contribution in [1.82, 2.24) is 10.1 Å². The number of carbonyl (C=O) groups excluding carboxylic acids is 1. The van der Waals surface area contributed by atoms with Gasteiger partial charge < -0.3 is 14.5 Å². The molecule has 2 rings (SSSR count). The van der Waals surface area contributed by atoms with Gasteiger partial charge in [0.1, 0.15) is 6.04 Å². The lowest BCUT2D eigenvalue weighted by molar-refractivity contribution is -0.141. The van der Waals surface area contributed by atoms with E-state index < -0.39 is 17.9 Å². The first-order chi connectivity index (χ1) is 7.61. The number of carboxylic acids is 1. The van der Waals surface area contributed by atoms with E-state index in [2.05, 4.69) is 5.16 Å². The lowest BCUT2D eigenvalue weighted by Gasteiger charge is -2.23.